The molecule has 2 nitrogen and oxygen atoms in total. The predicted octanol–water partition coefficient (Wildman–Crippen LogP) is 2.97. The van der Waals surface area contributed by atoms with Gasteiger partial charge in [-0.2, -0.15) is 0 Å². The largest absolute Gasteiger partial charge is 0.378 e. The van der Waals surface area contributed by atoms with Gasteiger partial charge in [0.2, 0.25) is 0 Å². The fraction of sp³-hybridized carbons (Fsp3) is 1.00. The average Bonchev–Trinajstić information content (AvgIpc) is 3.06. The SMILES string of the molecule is CC1CCC(C2OCCC2CNC2CC2)CC1. The Morgan fingerprint density at radius 2 is 1.76 bits per heavy atom. The summed E-state index contributed by atoms with van der Waals surface area (Å²) in [5, 5.41) is 3.70. The van der Waals surface area contributed by atoms with Crippen molar-refractivity contribution in [2.24, 2.45) is 17.8 Å². The maximum atomic E-state index is 6.05. The minimum atomic E-state index is 0.578. The maximum Gasteiger partial charge on any atom is 0.0644 e. The predicted molar refractivity (Wildman–Crippen MR) is 70.0 cm³/mol. The fourth-order valence-corrected chi connectivity index (χ4v) is 3.61. The second-order valence-corrected chi connectivity index (χ2v) is 6.59. The molecule has 2 heteroatoms. The van der Waals surface area contributed by atoms with Crippen molar-refractivity contribution in [1.82, 2.24) is 5.32 Å². The molecule has 2 aliphatic carbocycles. The first-order chi connectivity index (χ1) is 8.33. The van der Waals surface area contributed by atoms with Crippen molar-refractivity contribution >= 4 is 0 Å². The van der Waals surface area contributed by atoms with Crippen LogP contribution in [0.4, 0.5) is 0 Å². The highest BCUT2D eigenvalue weighted by Crippen LogP contribution is 2.37. The third-order valence-corrected chi connectivity index (χ3v) is 5.03. The van der Waals surface area contributed by atoms with E-state index in [1.165, 1.54) is 51.5 Å². The number of hydrogen-bond donors (Lipinski definition) is 1. The number of ether oxygens (including phenoxy) is 1. The van der Waals surface area contributed by atoms with Gasteiger partial charge in [0.1, 0.15) is 0 Å². The van der Waals surface area contributed by atoms with Crippen molar-refractivity contribution in [2.75, 3.05) is 13.2 Å². The van der Waals surface area contributed by atoms with E-state index in [1.54, 1.807) is 0 Å². The molecule has 17 heavy (non-hydrogen) atoms. The van der Waals surface area contributed by atoms with Crippen molar-refractivity contribution in [1.29, 1.82) is 0 Å². The Labute approximate surface area is 105 Å². The Balaban J connectivity index is 1.49. The van der Waals surface area contributed by atoms with E-state index in [0.29, 0.717) is 6.10 Å². The van der Waals surface area contributed by atoms with E-state index in [4.69, 9.17) is 4.74 Å². The van der Waals surface area contributed by atoms with Crippen LogP contribution in [0.15, 0.2) is 0 Å². The molecule has 2 unspecified atom stereocenters. The number of nitrogens with one attached hydrogen (secondary N) is 1. The molecule has 1 heterocycles. The van der Waals surface area contributed by atoms with Crippen LogP contribution in [0.5, 0.6) is 0 Å². The second kappa shape index (κ2) is 5.27. The van der Waals surface area contributed by atoms with Crippen LogP contribution in [0, 0.1) is 17.8 Å². The number of hydrogen-bond acceptors (Lipinski definition) is 2. The fourth-order valence-electron chi connectivity index (χ4n) is 3.61. The van der Waals surface area contributed by atoms with Crippen LogP contribution >= 0.6 is 0 Å². The van der Waals surface area contributed by atoms with Gasteiger partial charge in [-0.05, 0) is 43.9 Å². The lowest BCUT2D eigenvalue weighted by Gasteiger charge is -2.33. The molecule has 98 valence electrons. The van der Waals surface area contributed by atoms with Crippen LogP contribution in [-0.4, -0.2) is 25.3 Å². The summed E-state index contributed by atoms with van der Waals surface area (Å²) in [5.74, 6) is 2.62. The van der Waals surface area contributed by atoms with Crippen LogP contribution in [0.3, 0.4) is 0 Å². The molecule has 1 aliphatic heterocycles. The lowest BCUT2D eigenvalue weighted by Crippen LogP contribution is -2.35. The van der Waals surface area contributed by atoms with Gasteiger partial charge >= 0.3 is 0 Å². The topological polar surface area (TPSA) is 21.3 Å². The first-order valence-corrected chi connectivity index (χ1v) is 7.68. The molecule has 0 aromatic carbocycles. The Hall–Kier alpha value is -0.0800. The quantitative estimate of drug-likeness (QED) is 0.811. The summed E-state index contributed by atoms with van der Waals surface area (Å²) in [5.41, 5.74) is 0. The van der Waals surface area contributed by atoms with E-state index in [2.05, 4.69) is 12.2 Å². The zero-order valence-corrected chi connectivity index (χ0v) is 11.2. The molecule has 1 N–H and O–H groups in total. The molecule has 0 bridgehead atoms. The first-order valence-electron chi connectivity index (χ1n) is 7.68. The molecular formula is C15H27NO. The monoisotopic (exact) mass is 237 g/mol. The van der Waals surface area contributed by atoms with Gasteiger partial charge in [0.25, 0.3) is 0 Å². The summed E-state index contributed by atoms with van der Waals surface area (Å²) in [7, 11) is 0. The zero-order valence-electron chi connectivity index (χ0n) is 11.2. The highest BCUT2D eigenvalue weighted by molar-refractivity contribution is 4.89. The van der Waals surface area contributed by atoms with E-state index >= 15 is 0 Å². The highest BCUT2D eigenvalue weighted by atomic mass is 16.5. The van der Waals surface area contributed by atoms with Gasteiger partial charge in [-0.1, -0.05) is 19.8 Å². The molecule has 0 amide bonds. The van der Waals surface area contributed by atoms with Crippen LogP contribution in [-0.2, 0) is 4.74 Å². The lowest BCUT2D eigenvalue weighted by atomic mass is 9.77. The Kier molecular flexibility index (Phi) is 3.72. The lowest BCUT2D eigenvalue weighted by molar-refractivity contribution is 0.0215. The summed E-state index contributed by atoms with van der Waals surface area (Å²) in [6.45, 7) is 4.62. The first kappa shape index (κ1) is 12.0. The minimum Gasteiger partial charge on any atom is -0.378 e. The minimum absolute atomic E-state index is 0.578. The molecule has 0 spiro atoms. The molecular weight excluding hydrogens is 210 g/mol. The van der Waals surface area contributed by atoms with Gasteiger partial charge in [-0.3, -0.25) is 0 Å². The Morgan fingerprint density at radius 1 is 1.00 bits per heavy atom. The van der Waals surface area contributed by atoms with Crippen LogP contribution in [0.1, 0.15) is 51.9 Å². The molecule has 3 rings (SSSR count). The highest BCUT2D eigenvalue weighted by Gasteiger charge is 2.36. The zero-order chi connectivity index (χ0) is 11.7. The molecule has 0 radical (unpaired) electrons. The normalized spacial score (nSPS) is 42.9. The van der Waals surface area contributed by atoms with Crippen molar-refractivity contribution in [3.8, 4) is 0 Å². The third kappa shape index (κ3) is 3.03. The third-order valence-electron chi connectivity index (χ3n) is 5.03. The summed E-state index contributed by atoms with van der Waals surface area (Å²) in [6.07, 6.45) is 10.3. The van der Waals surface area contributed by atoms with Gasteiger partial charge in [-0.25, -0.2) is 0 Å². The summed E-state index contributed by atoms with van der Waals surface area (Å²) >= 11 is 0. The maximum absolute atomic E-state index is 6.05. The molecule has 0 aromatic rings. The van der Waals surface area contributed by atoms with E-state index in [9.17, 15) is 0 Å². The van der Waals surface area contributed by atoms with E-state index in [0.717, 1.165) is 30.4 Å². The summed E-state index contributed by atoms with van der Waals surface area (Å²) in [4.78, 5) is 0. The molecule has 3 aliphatic rings. The average molecular weight is 237 g/mol. The van der Waals surface area contributed by atoms with Gasteiger partial charge < -0.3 is 10.1 Å². The summed E-state index contributed by atoms with van der Waals surface area (Å²) < 4.78 is 6.05. The van der Waals surface area contributed by atoms with E-state index in [-0.39, 0.29) is 0 Å². The van der Waals surface area contributed by atoms with Crippen LogP contribution in [0.25, 0.3) is 0 Å². The van der Waals surface area contributed by atoms with Gasteiger partial charge in [0.15, 0.2) is 0 Å². The molecule has 0 aromatic heterocycles. The molecule has 1 saturated heterocycles. The van der Waals surface area contributed by atoms with E-state index in [1.807, 2.05) is 0 Å². The van der Waals surface area contributed by atoms with Crippen molar-refractivity contribution < 1.29 is 4.74 Å². The molecule has 3 fully saturated rings. The van der Waals surface area contributed by atoms with Crippen LogP contribution < -0.4 is 5.32 Å². The van der Waals surface area contributed by atoms with Crippen molar-refractivity contribution in [2.45, 2.75) is 64.0 Å². The van der Waals surface area contributed by atoms with Gasteiger partial charge in [-0.15, -0.1) is 0 Å². The smallest absolute Gasteiger partial charge is 0.0644 e. The number of rotatable bonds is 4. The summed E-state index contributed by atoms with van der Waals surface area (Å²) in [6, 6.07) is 0.850. The molecule has 2 saturated carbocycles. The van der Waals surface area contributed by atoms with Crippen LogP contribution in [0.2, 0.25) is 0 Å². The second-order valence-electron chi connectivity index (χ2n) is 6.59. The van der Waals surface area contributed by atoms with Crippen molar-refractivity contribution in [3.63, 3.8) is 0 Å². The Bertz CT molecular complexity index is 243. The standard InChI is InChI=1S/C15H27NO/c1-11-2-4-12(5-3-11)15-13(8-9-17-15)10-16-14-6-7-14/h11-16H,2-10H2,1H3. The van der Waals surface area contributed by atoms with Crippen molar-refractivity contribution in [3.05, 3.63) is 0 Å². The molecule has 2 atom stereocenters. The van der Waals surface area contributed by atoms with Gasteiger partial charge in [0, 0.05) is 25.1 Å². The Morgan fingerprint density at radius 3 is 2.47 bits per heavy atom. The van der Waals surface area contributed by atoms with E-state index < -0.39 is 0 Å². The van der Waals surface area contributed by atoms with Gasteiger partial charge in [0.05, 0.1) is 6.10 Å².